The van der Waals surface area contributed by atoms with Gasteiger partial charge in [0.05, 0.1) is 38.8 Å². The van der Waals surface area contributed by atoms with Gasteiger partial charge in [0.2, 0.25) is 0 Å². The van der Waals surface area contributed by atoms with Crippen LogP contribution in [0.25, 0.3) is 0 Å². The highest BCUT2D eigenvalue weighted by Crippen LogP contribution is 2.03. The number of carbonyl (C=O) groups is 1. The molecule has 6 nitrogen and oxygen atoms in total. The molecule has 0 spiro atoms. The van der Waals surface area contributed by atoms with Gasteiger partial charge >= 0.3 is 5.97 Å². The number of methoxy groups -OCH3 is 2. The predicted octanol–water partition coefficient (Wildman–Crippen LogP) is 0.979. The van der Waals surface area contributed by atoms with Crippen molar-refractivity contribution in [2.45, 2.75) is 6.42 Å². The zero-order valence-electron chi connectivity index (χ0n) is 12.4. The summed E-state index contributed by atoms with van der Waals surface area (Å²) in [6, 6.07) is 0. The molecule has 0 N–H and O–H groups in total. The van der Waals surface area contributed by atoms with E-state index < -0.39 is 0 Å². The van der Waals surface area contributed by atoms with Crippen molar-refractivity contribution >= 4 is 17.7 Å². The molecule has 0 aromatic heterocycles. The molecule has 0 fully saturated rings. The first-order valence-electron chi connectivity index (χ1n) is 6.68. The van der Waals surface area contributed by atoms with E-state index in [-0.39, 0.29) is 12.6 Å². The first kappa shape index (κ1) is 19.7. The highest BCUT2D eigenvalue weighted by atomic mass is 32.2. The minimum Gasteiger partial charge on any atom is -0.463 e. The van der Waals surface area contributed by atoms with Gasteiger partial charge in [-0.3, -0.25) is 4.79 Å². The fourth-order valence-electron chi connectivity index (χ4n) is 1.18. The lowest BCUT2D eigenvalue weighted by atomic mass is 10.5. The van der Waals surface area contributed by atoms with Crippen LogP contribution in [0, 0.1) is 0 Å². The van der Waals surface area contributed by atoms with E-state index in [1.807, 2.05) is 0 Å². The summed E-state index contributed by atoms with van der Waals surface area (Å²) < 4.78 is 25.2. The molecule has 0 aliphatic heterocycles. The second-order valence-electron chi connectivity index (χ2n) is 3.84. The van der Waals surface area contributed by atoms with Crippen LogP contribution in [0.5, 0.6) is 0 Å². The van der Waals surface area contributed by atoms with E-state index >= 15 is 0 Å². The first-order chi connectivity index (χ1) is 9.81. The Labute approximate surface area is 125 Å². The zero-order valence-corrected chi connectivity index (χ0v) is 13.2. The fourth-order valence-corrected chi connectivity index (χ4v) is 1.90. The first-order valence-corrected chi connectivity index (χ1v) is 7.83. The van der Waals surface area contributed by atoms with Crippen molar-refractivity contribution < 1.29 is 28.5 Å². The van der Waals surface area contributed by atoms with Gasteiger partial charge in [-0.2, -0.15) is 11.8 Å². The predicted molar refractivity (Wildman–Crippen MR) is 78.3 cm³/mol. The Balaban J connectivity index is 3.11. The fraction of sp³-hybridized carbons (Fsp3) is 0.923. The monoisotopic (exact) mass is 310 g/mol. The lowest BCUT2D eigenvalue weighted by Gasteiger charge is -2.07. The molecule has 0 radical (unpaired) electrons. The quantitative estimate of drug-likeness (QED) is 0.330. The highest BCUT2D eigenvalue weighted by molar-refractivity contribution is 7.99. The normalized spacial score (nSPS) is 10.7. The van der Waals surface area contributed by atoms with Gasteiger partial charge in [0.1, 0.15) is 6.61 Å². The highest BCUT2D eigenvalue weighted by Gasteiger charge is 2.02. The smallest absolute Gasteiger partial charge is 0.315 e. The van der Waals surface area contributed by atoms with Crippen molar-refractivity contribution in [2.24, 2.45) is 0 Å². The van der Waals surface area contributed by atoms with Gasteiger partial charge in [-0.1, -0.05) is 0 Å². The molecule has 0 saturated heterocycles. The van der Waals surface area contributed by atoms with Crippen LogP contribution in [0.2, 0.25) is 0 Å². The standard InChI is InChI=1S/C13H26O6S/c1-15-4-3-11-20-12-13(14)19-10-9-18-8-7-17-6-5-16-2/h3-12H2,1-2H3. The average Bonchev–Trinajstić information content (AvgIpc) is 2.45. The average molecular weight is 310 g/mol. The maximum atomic E-state index is 11.3. The molecule has 7 heteroatoms. The van der Waals surface area contributed by atoms with Crippen LogP contribution in [0.15, 0.2) is 0 Å². The molecule has 0 amide bonds. The number of hydrogen-bond donors (Lipinski definition) is 0. The molecular weight excluding hydrogens is 284 g/mol. The van der Waals surface area contributed by atoms with E-state index in [4.69, 9.17) is 23.7 Å². The molecule has 0 aromatic rings. The summed E-state index contributed by atoms with van der Waals surface area (Å²) in [6.07, 6.45) is 0.945. The summed E-state index contributed by atoms with van der Waals surface area (Å²) in [7, 11) is 3.30. The van der Waals surface area contributed by atoms with Gasteiger partial charge in [-0.25, -0.2) is 0 Å². The molecule has 0 aliphatic carbocycles. The van der Waals surface area contributed by atoms with Crippen molar-refractivity contribution in [1.82, 2.24) is 0 Å². The molecule has 0 rings (SSSR count). The van der Waals surface area contributed by atoms with Crippen molar-refractivity contribution in [3.05, 3.63) is 0 Å². The van der Waals surface area contributed by atoms with Gasteiger partial charge in [0.15, 0.2) is 0 Å². The maximum Gasteiger partial charge on any atom is 0.315 e. The lowest BCUT2D eigenvalue weighted by molar-refractivity contribution is -0.142. The second kappa shape index (κ2) is 16.7. The van der Waals surface area contributed by atoms with Crippen LogP contribution in [-0.4, -0.2) is 77.9 Å². The van der Waals surface area contributed by atoms with Gasteiger partial charge in [-0.15, -0.1) is 0 Å². The molecule has 0 saturated carbocycles. The van der Waals surface area contributed by atoms with E-state index in [2.05, 4.69) is 0 Å². The van der Waals surface area contributed by atoms with Gasteiger partial charge in [0.25, 0.3) is 0 Å². The van der Waals surface area contributed by atoms with Crippen molar-refractivity contribution in [1.29, 1.82) is 0 Å². The third kappa shape index (κ3) is 15.7. The zero-order chi connectivity index (χ0) is 14.9. The van der Waals surface area contributed by atoms with Gasteiger partial charge in [0, 0.05) is 20.8 Å². The summed E-state index contributed by atoms with van der Waals surface area (Å²) in [4.78, 5) is 11.3. The van der Waals surface area contributed by atoms with Crippen LogP contribution in [-0.2, 0) is 28.5 Å². The molecule has 20 heavy (non-hydrogen) atoms. The summed E-state index contributed by atoms with van der Waals surface area (Å²) in [5.74, 6) is 1.08. The summed E-state index contributed by atoms with van der Waals surface area (Å²) >= 11 is 1.55. The van der Waals surface area contributed by atoms with Crippen molar-refractivity contribution in [2.75, 3.05) is 72.0 Å². The van der Waals surface area contributed by atoms with Crippen LogP contribution in [0.3, 0.4) is 0 Å². The molecule has 120 valence electrons. The minimum absolute atomic E-state index is 0.202. The number of ether oxygens (including phenoxy) is 5. The van der Waals surface area contributed by atoms with Crippen molar-refractivity contribution in [3.63, 3.8) is 0 Å². The third-order valence-corrected chi connectivity index (χ3v) is 3.17. The number of esters is 1. The molecule has 0 atom stereocenters. The Bertz CT molecular complexity index is 215. The van der Waals surface area contributed by atoms with E-state index in [1.165, 1.54) is 0 Å². The van der Waals surface area contributed by atoms with Crippen LogP contribution < -0.4 is 0 Å². The van der Waals surface area contributed by atoms with E-state index in [0.29, 0.717) is 38.8 Å². The summed E-state index contributed by atoms with van der Waals surface area (Å²) in [5, 5.41) is 0. The third-order valence-electron chi connectivity index (χ3n) is 2.15. The number of carbonyl (C=O) groups excluding carboxylic acids is 1. The molecule has 0 aliphatic rings. The second-order valence-corrected chi connectivity index (χ2v) is 4.94. The minimum atomic E-state index is -0.202. The maximum absolute atomic E-state index is 11.3. The molecular formula is C13H26O6S. The SMILES string of the molecule is COCCCSCC(=O)OCCOCCOCCOC. The number of hydrogen-bond acceptors (Lipinski definition) is 7. The van der Waals surface area contributed by atoms with E-state index in [9.17, 15) is 4.79 Å². The van der Waals surface area contributed by atoms with Crippen molar-refractivity contribution in [3.8, 4) is 0 Å². The van der Waals surface area contributed by atoms with E-state index in [1.54, 1.807) is 26.0 Å². The van der Waals surface area contributed by atoms with Crippen LogP contribution in [0.4, 0.5) is 0 Å². The molecule has 0 unspecified atom stereocenters. The lowest BCUT2D eigenvalue weighted by Crippen LogP contribution is -2.15. The van der Waals surface area contributed by atoms with Crippen LogP contribution >= 0.6 is 11.8 Å². The van der Waals surface area contributed by atoms with Gasteiger partial charge in [-0.05, 0) is 12.2 Å². The summed E-state index contributed by atoms with van der Waals surface area (Å²) in [5.41, 5.74) is 0. The Hall–Kier alpha value is -0.340. The molecule has 0 bridgehead atoms. The Morgan fingerprint density at radius 2 is 1.45 bits per heavy atom. The Morgan fingerprint density at radius 1 is 0.850 bits per heavy atom. The Morgan fingerprint density at radius 3 is 2.10 bits per heavy atom. The Kier molecular flexibility index (Phi) is 16.4. The number of thioether (sulfide) groups is 1. The van der Waals surface area contributed by atoms with Crippen LogP contribution in [0.1, 0.15) is 6.42 Å². The molecule has 0 aromatic carbocycles. The topological polar surface area (TPSA) is 63.2 Å². The largest absolute Gasteiger partial charge is 0.463 e. The van der Waals surface area contributed by atoms with E-state index in [0.717, 1.165) is 18.8 Å². The number of rotatable bonds is 15. The molecule has 0 heterocycles. The van der Waals surface area contributed by atoms with Gasteiger partial charge < -0.3 is 23.7 Å². The summed E-state index contributed by atoms with van der Waals surface area (Å²) in [6.45, 7) is 3.57.